The van der Waals surface area contributed by atoms with E-state index in [9.17, 15) is 13.2 Å². The van der Waals surface area contributed by atoms with Crippen LogP contribution in [0.2, 0.25) is 0 Å². The van der Waals surface area contributed by atoms with Crippen molar-refractivity contribution < 1.29 is 22.1 Å². The summed E-state index contributed by atoms with van der Waals surface area (Å²) in [4.78, 5) is 12.5. The van der Waals surface area contributed by atoms with Gasteiger partial charge in [0, 0.05) is 12.6 Å². The summed E-state index contributed by atoms with van der Waals surface area (Å²) in [6.07, 6.45) is 1.12. The first-order valence-corrected chi connectivity index (χ1v) is 11.7. The molecule has 3 aromatic rings. The minimum Gasteiger partial charge on any atom is -0.461 e. The molecule has 6 nitrogen and oxygen atoms in total. The predicted octanol–water partition coefficient (Wildman–Crippen LogP) is 3.99. The monoisotopic (exact) mass is 439 g/mol. The molecule has 31 heavy (non-hydrogen) atoms. The van der Waals surface area contributed by atoms with E-state index in [1.54, 1.807) is 24.3 Å². The van der Waals surface area contributed by atoms with Crippen molar-refractivity contribution in [3.05, 3.63) is 102 Å². The Morgan fingerprint density at radius 2 is 1.45 bits per heavy atom. The van der Waals surface area contributed by atoms with Gasteiger partial charge in [0.05, 0.1) is 12.7 Å². The number of nitrogens with one attached hydrogen (secondary N) is 1. The summed E-state index contributed by atoms with van der Waals surface area (Å²) in [7, 11) is -3.60. The fourth-order valence-corrected chi connectivity index (χ4v) is 3.50. The molecule has 3 aromatic carbocycles. The van der Waals surface area contributed by atoms with Crippen LogP contribution in [0.15, 0.2) is 84.9 Å². The summed E-state index contributed by atoms with van der Waals surface area (Å²) in [5, 5.41) is 3.39. The van der Waals surface area contributed by atoms with Crippen LogP contribution in [0, 0.1) is 0 Å². The van der Waals surface area contributed by atoms with E-state index in [0.29, 0.717) is 6.54 Å². The lowest BCUT2D eigenvalue weighted by Gasteiger charge is -2.19. The van der Waals surface area contributed by atoms with Gasteiger partial charge in [-0.25, -0.2) is 0 Å². The van der Waals surface area contributed by atoms with Crippen LogP contribution in [0.5, 0.6) is 5.75 Å². The van der Waals surface area contributed by atoms with Crippen molar-refractivity contribution in [1.82, 2.24) is 5.32 Å². The van der Waals surface area contributed by atoms with Crippen LogP contribution >= 0.6 is 0 Å². The third-order valence-corrected chi connectivity index (χ3v) is 5.03. The molecule has 0 fully saturated rings. The number of rotatable bonds is 10. The first-order chi connectivity index (χ1) is 14.9. The average Bonchev–Trinajstić information content (AvgIpc) is 2.76. The van der Waals surface area contributed by atoms with Gasteiger partial charge in [-0.1, -0.05) is 72.8 Å². The Balaban J connectivity index is 1.68. The van der Waals surface area contributed by atoms with E-state index in [-0.39, 0.29) is 30.8 Å². The lowest BCUT2D eigenvalue weighted by molar-refractivity contribution is -0.145. The average molecular weight is 440 g/mol. The molecule has 7 heteroatoms. The Labute approximate surface area is 183 Å². The molecule has 0 amide bonds. The molecule has 0 spiro atoms. The largest absolute Gasteiger partial charge is 0.461 e. The number of hydrogen-bond acceptors (Lipinski definition) is 6. The van der Waals surface area contributed by atoms with E-state index in [0.717, 1.165) is 22.9 Å². The summed E-state index contributed by atoms with van der Waals surface area (Å²) in [6, 6.07) is 25.7. The number of esters is 1. The maximum atomic E-state index is 12.5. The Bertz CT molecular complexity index is 1070. The summed E-state index contributed by atoms with van der Waals surface area (Å²) in [5.41, 5.74) is 2.84. The molecular formula is C24H25NO5S. The molecule has 0 saturated carbocycles. The van der Waals surface area contributed by atoms with E-state index in [2.05, 4.69) is 5.32 Å². The minimum atomic E-state index is -3.60. The quantitative estimate of drug-likeness (QED) is 0.380. The Morgan fingerprint density at radius 1 is 0.871 bits per heavy atom. The van der Waals surface area contributed by atoms with Gasteiger partial charge in [-0.05, 0) is 28.8 Å². The zero-order valence-corrected chi connectivity index (χ0v) is 18.0. The normalized spacial score (nSPS) is 12.2. The Kier molecular flexibility index (Phi) is 7.81. The van der Waals surface area contributed by atoms with Crippen molar-refractivity contribution in [1.29, 1.82) is 0 Å². The molecule has 0 saturated heterocycles. The first-order valence-electron chi connectivity index (χ1n) is 9.85. The molecule has 0 aromatic heterocycles. The summed E-state index contributed by atoms with van der Waals surface area (Å²) in [6.45, 7) is 0.783. The second kappa shape index (κ2) is 10.7. The predicted molar refractivity (Wildman–Crippen MR) is 119 cm³/mol. The van der Waals surface area contributed by atoms with Crippen molar-refractivity contribution in [3.8, 4) is 5.75 Å². The van der Waals surface area contributed by atoms with Gasteiger partial charge in [0.1, 0.15) is 12.4 Å². The minimum absolute atomic E-state index is 0.131. The van der Waals surface area contributed by atoms with Gasteiger partial charge < -0.3 is 14.2 Å². The maximum Gasteiger partial charge on any atom is 0.308 e. The summed E-state index contributed by atoms with van der Waals surface area (Å²) in [5.74, 6) is -0.106. The van der Waals surface area contributed by atoms with Crippen molar-refractivity contribution in [3.63, 3.8) is 0 Å². The van der Waals surface area contributed by atoms with E-state index in [1.165, 1.54) is 0 Å². The third-order valence-electron chi connectivity index (χ3n) is 4.54. The second-order valence-electron chi connectivity index (χ2n) is 7.13. The highest BCUT2D eigenvalue weighted by Gasteiger charge is 2.18. The van der Waals surface area contributed by atoms with Crippen LogP contribution in [0.4, 0.5) is 0 Å². The van der Waals surface area contributed by atoms with Crippen LogP contribution in [0.1, 0.15) is 29.2 Å². The van der Waals surface area contributed by atoms with Crippen LogP contribution in [-0.4, -0.2) is 20.6 Å². The van der Waals surface area contributed by atoms with Crippen LogP contribution in [0.25, 0.3) is 0 Å². The van der Waals surface area contributed by atoms with Crippen molar-refractivity contribution in [2.24, 2.45) is 0 Å². The fourth-order valence-electron chi connectivity index (χ4n) is 3.04. The van der Waals surface area contributed by atoms with Gasteiger partial charge in [0.25, 0.3) is 0 Å². The van der Waals surface area contributed by atoms with Gasteiger partial charge >= 0.3 is 16.1 Å². The van der Waals surface area contributed by atoms with Crippen LogP contribution in [0.3, 0.4) is 0 Å². The Hall–Kier alpha value is -3.16. The van der Waals surface area contributed by atoms with Gasteiger partial charge in [-0.15, -0.1) is 0 Å². The van der Waals surface area contributed by atoms with E-state index in [1.807, 2.05) is 60.7 Å². The molecule has 1 unspecified atom stereocenters. The fraction of sp³-hybridized carbons (Fsp3) is 0.208. The summed E-state index contributed by atoms with van der Waals surface area (Å²) < 4.78 is 33.0. The molecule has 0 bridgehead atoms. The number of carbonyl (C=O) groups is 1. The van der Waals surface area contributed by atoms with E-state index in [4.69, 9.17) is 8.92 Å². The molecular weight excluding hydrogens is 414 g/mol. The Morgan fingerprint density at radius 3 is 2.03 bits per heavy atom. The zero-order chi connectivity index (χ0) is 22.1. The molecule has 1 N–H and O–H groups in total. The van der Waals surface area contributed by atoms with E-state index >= 15 is 0 Å². The molecule has 0 heterocycles. The van der Waals surface area contributed by atoms with Crippen molar-refractivity contribution in [2.45, 2.75) is 25.6 Å². The smallest absolute Gasteiger partial charge is 0.308 e. The maximum absolute atomic E-state index is 12.5. The molecule has 0 radical (unpaired) electrons. The van der Waals surface area contributed by atoms with Crippen molar-refractivity contribution >= 4 is 16.1 Å². The van der Waals surface area contributed by atoms with Gasteiger partial charge in [-0.2, -0.15) is 8.42 Å². The summed E-state index contributed by atoms with van der Waals surface area (Å²) >= 11 is 0. The van der Waals surface area contributed by atoms with Gasteiger partial charge in [0.15, 0.2) is 0 Å². The highest BCUT2D eigenvalue weighted by molar-refractivity contribution is 7.86. The molecule has 0 aliphatic carbocycles. The highest BCUT2D eigenvalue weighted by atomic mass is 32.2. The molecule has 0 aliphatic rings. The van der Waals surface area contributed by atoms with Crippen LogP contribution in [-0.2, 0) is 32.8 Å². The second-order valence-corrected chi connectivity index (χ2v) is 8.70. The number of carbonyl (C=O) groups excluding carboxylic acids is 1. The number of benzene rings is 3. The van der Waals surface area contributed by atoms with Gasteiger partial charge in [0.2, 0.25) is 0 Å². The third kappa shape index (κ3) is 7.88. The zero-order valence-electron chi connectivity index (χ0n) is 17.2. The highest BCUT2D eigenvalue weighted by Crippen LogP contribution is 2.22. The molecule has 162 valence electrons. The number of ether oxygens (including phenoxy) is 1. The topological polar surface area (TPSA) is 81.7 Å². The molecule has 0 aliphatic heterocycles. The SMILES string of the molecule is CS(=O)(=O)Oc1ccc(C(CC(=O)OCc2ccccc2)NCc2ccccc2)cc1. The molecule has 3 rings (SSSR count). The molecule has 1 atom stereocenters. The first kappa shape index (κ1) is 22.5. The van der Waals surface area contributed by atoms with E-state index < -0.39 is 10.1 Å². The number of hydrogen-bond donors (Lipinski definition) is 1. The van der Waals surface area contributed by atoms with Gasteiger partial charge in [-0.3, -0.25) is 4.79 Å². The lowest BCUT2D eigenvalue weighted by atomic mass is 10.0. The van der Waals surface area contributed by atoms with Crippen LogP contribution < -0.4 is 9.50 Å². The lowest BCUT2D eigenvalue weighted by Crippen LogP contribution is -2.24. The van der Waals surface area contributed by atoms with Crippen molar-refractivity contribution in [2.75, 3.05) is 6.26 Å². The standard InChI is InChI=1S/C24H25NO5S/c1-31(27,28)30-22-14-12-21(13-15-22)23(25-17-19-8-4-2-5-9-19)16-24(26)29-18-20-10-6-3-7-11-20/h2-15,23,25H,16-18H2,1H3.